The molecular formula is C25H24ClNO7. The van der Waals surface area contributed by atoms with Crippen molar-refractivity contribution in [3.63, 3.8) is 0 Å². The van der Waals surface area contributed by atoms with E-state index in [2.05, 4.69) is 5.32 Å². The van der Waals surface area contributed by atoms with Crippen LogP contribution in [0.25, 0.3) is 0 Å². The van der Waals surface area contributed by atoms with Gasteiger partial charge in [0.1, 0.15) is 18.5 Å². The van der Waals surface area contributed by atoms with Crippen LogP contribution in [0.4, 0.5) is 0 Å². The molecule has 3 aromatic carbocycles. The monoisotopic (exact) mass is 485 g/mol. The van der Waals surface area contributed by atoms with Crippen LogP contribution < -0.4 is 10.1 Å². The minimum Gasteiger partial charge on any atom is -0.491 e. The van der Waals surface area contributed by atoms with Crippen LogP contribution in [-0.2, 0) is 16.1 Å². The quantitative estimate of drug-likeness (QED) is 0.268. The smallest absolute Gasteiger partial charge is 0.414 e. The van der Waals surface area contributed by atoms with E-state index in [1.807, 2.05) is 42.5 Å². The molecule has 4 N–H and O–H groups in total. The Hall–Kier alpha value is -3.72. The Morgan fingerprint density at radius 2 is 1.38 bits per heavy atom. The zero-order valence-electron chi connectivity index (χ0n) is 18.1. The van der Waals surface area contributed by atoms with Crippen molar-refractivity contribution in [3.8, 4) is 5.75 Å². The van der Waals surface area contributed by atoms with E-state index >= 15 is 0 Å². The van der Waals surface area contributed by atoms with Crippen LogP contribution in [0.1, 0.15) is 21.5 Å². The number of carbonyl (C=O) groups excluding carboxylic acids is 1. The van der Waals surface area contributed by atoms with Crippen molar-refractivity contribution >= 4 is 29.3 Å². The summed E-state index contributed by atoms with van der Waals surface area (Å²) in [5, 5.41) is 28.7. The highest BCUT2D eigenvalue weighted by Gasteiger charge is 2.09. The molecule has 0 saturated heterocycles. The zero-order chi connectivity index (χ0) is 24.9. The number of carboxylic acids is 2. The maximum absolute atomic E-state index is 12.4. The van der Waals surface area contributed by atoms with E-state index in [1.165, 1.54) is 0 Å². The van der Waals surface area contributed by atoms with Crippen molar-refractivity contribution in [2.24, 2.45) is 0 Å². The van der Waals surface area contributed by atoms with Gasteiger partial charge in [0.2, 0.25) is 0 Å². The Morgan fingerprint density at radius 1 is 0.824 bits per heavy atom. The zero-order valence-corrected chi connectivity index (χ0v) is 18.8. The van der Waals surface area contributed by atoms with Crippen molar-refractivity contribution in [2.75, 3.05) is 13.2 Å². The highest BCUT2D eigenvalue weighted by atomic mass is 35.5. The first-order valence-electron chi connectivity index (χ1n) is 10.2. The number of rotatable bonds is 9. The number of benzene rings is 3. The fraction of sp³-hybridized carbons (Fsp3) is 0.160. The first-order valence-corrected chi connectivity index (χ1v) is 10.6. The molecule has 3 rings (SSSR count). The Bertz CT molecular complexity index is 1060. The Balaban J connectivity index is 0.000000604. The number of aliphatic hydroxyl groups excluding tert-OH is 1. The maximum Gasteiger partial charge on any atom is 0.414 e. The minimum atomic E-state index is -1.82. The lowest BCUT2D eigenvalue weighted by Crippen LogP contribution is -2.31. The van der Waals surface area contributed by atoms with Gasteiger partial charge in [0.15, 0.2) is 5.78 Å². The van der Waals surface area contributed by atoms with Crippen molar-refractivity contribution in [2.45, 2.75) is 12.6 Å². The largest absolute Gasteiger partial charge is 0.491 e. The minimum absolute atomic E-state index is 0.0291. The average Bonchev–Trinajstić information content (AvgIpc) is 2.85. The van der Waals surface area contributed by atoms with Crippen LogP contribution in [0.2, 0.25) is 5.02 Å². The number of ketones is 1. The molecule has 0 fully saturated rings. The normalized spacial score (nSPS) is 11.0. The molecule has 1 atom stereocenters. The molecule has 8 nitrogen and oxygen atoms in total. The van der Waals surface area contributed by atoms with Gasteiger partial charge < -0.3 is 25.4 Å². The first kappa shape index (κ1) is 26.5. The summed E-state index contributed by atoms with van der Waals surface area (Å²) in [6.45, 7) is 1.22. The second-order valence-corrected chi connectivity index (χ2v) is 7.49. The lowest BCUT2D eigenvalue weighted by Gasteiger charge is -2.13. The van der Waals surface area contributed by atoms with Crippen molar-refractivity contribution < 1.29 is 34.4 Å². The van der Waals surface area contributed by atoms with Crippen LogP contribution in [0.3, 0.4) is 0 Å². The van der Waals surface area contributed by atoms with Gasteiger partial charge in [-0.05, 0) is 42.0 Å². The van der Waals surface area contributed by atoms with Gasteiger partial charge >= 0.3 is 11.9 Å². The topological polar surface area (TPSA) is 133 Å². The number of aliphatic hydroxyl groups is 1. The second kappa shape index (κ2) is 13.7. The fourth-order valence-electron chi connectivity index (χ4n) is 2.70. The van der Waals surface area contributed by atoms with Crippen molar-refractivity contribution in [1.82, 2.24) is 5.32 Å². The number of halogens is 1. The Labute approximate surface area is 201 Å². The molecule has 0 radical (unpaired) electrons. The molecular weight excluding hydrogens is 462 g/mol. The van der Waals surface area contributed by atoms with Crippen LogP contribution >= 0.6 is 11.6 Å². The number of ether oxygens (including phenoxy) is 1. The molecule has 0 heterocycles. The number of carboxylic acid groups (broad SMARTS) is 2. The predicted octanol–water partition coefficient (Wildman–Crippen LogP) is 3.26. The lowest BCUT2D eigenvalue weighted by molar-refractivity contribution is -0.159. The molecule has 1 unspecified atom stereocenters. The molecule has 34 heavy (non-hydrogen) atoms. The third-order valence-electron chi connectivity index (χ3n) is 4.40. The number of hydrogen-bond donors (Lipinski definition) is 4. The third kappa shape index (κ3) is 9.41. The number of hydrogen-bond acceptors (Lipinski definition) is 6. The molecule has 178 valence electrons. The van der Waals surface area contributed by atoms with Gasteiger partial charge in [0.25, 0.3) is 0 Å². The van der Waals surface area contributed by atoms with E-state index in [0.29, 0.717) is 35.0 Å². The predicted molar refractivity (Wildman–Crippen MR) is 126 cm³/mol. The first-order chi connectivity index (χ1) is 16.3. The van der Waals surface area contributed by atoms with Crippen molar-refractivity contribution in [1.29, 1.82) is 0 Å². The molecule has 0 aliphatic rings. The fourth-order valence-corrected chi connectivity index (χ4v) is 2.82. The van der Waals surface area contributed by atoms with Gasteiger partial charge in [-0.25, -0.2) is 9.59 Å². The van der Waals surface area contributed by atoms with Crippen molar-refractivity contribution in [3.05, 3.63) is 101 Å². The molecule has 0 aromatic heterocycles. The summed E-state index contributed by atoms with van der Waals surface area (Å²) >= 11 is 5.86. The summed E-state index contributed by atoms with van der Waals surface area (Å²) in [4.78, 5) is 30.6. The number of aliphatic carboxylic acids is 2. The van der Waals surface area contributed by atoms with E-state index in [4.69, 9.17) is 36.1 Å². The average molecular weight is 486 g/mol. The van der Waals surface area contributed by atoms with Gasteiger partial charge in [-0.1, -0.05) is 54.1 Å². The van der Waals surface area contributed by atoms with E-state index < -0.39 is 18.0 Å². The van der Waals surface area contributed by atoms with E-state index in [9.17, 15) is 9.90 Å². The Kier molecular flexibility index (Phi) is 10.7. The summed E-state index contributed by atoms with van der Waals surface area (Å²) in [6.07, 6.45) is -0.641. The van der Waals surface area contributed by atoms with Gasteiger partial charge in [-0.3, -0.25) is 4.79 Å². The van der Waals surface area contributed by atoms with E-state index in [0.717, 1.165) is 5.56 Å². The number of carbonyl (C=O) groups is 3. The molecule has 9 heteroatoms. The van der Waals surface area contributed by atoms with Crippen LogP contribution in [0.5, 0.6) is 5.75 Å². The van der Waals surface area contributed by atoms with Gasteiger partial charge in [0, 0.05) is 29.2 Å². The SMILES string of the molecule is O=C(O)C(=O)O.O=C(c1ccccc1)c1ccc(OCC(O)CNCc2ccc(Cl)cc2)cc1. The Morgan fingerprint density at radius 3 is 1.94 bits per heavy atom. The standard InChI is InChI=1S/C23H22ClNO3.C2H2O4/c24-20-10-6-17(7-11-20)14-25-15-21(26)16-28-22-12-8-19(9-13-22)23(27)18-4-2-1-3-5-18;3-1(4)2(5)6/h1-13,21,25-26H,14-16H2;(H,3,4)(H,5,6). The summed E-state index contributed by atoms with van der Waals surface area (Å²) in [6, 6.07) is 23.6. The molecule has 0 bridgehead atoms. The molecule has 3 aromatic rings. The number of nitrogens with one attached hydrogen (secondary N) is 1. The van der Waals surface area contributed by atoms with Gasteiger partial charge in [-0.15, -0.1) is 0 Å². The highest BCUT2D eigenvalue weighted by Crippen LogP contribution is 2.16. The summed E-state index contributed by atoms with van der Waals surface area (Å²) < 4.78 is 5.61. The molecule has 0 amide bonds. The lowest BCUT2D eigenvalue weighted by atomic mass is 10.0. The molecule has 0 spiro atoms. The van der Waals surface area contributed by atoms with Crippen LogP contribution in [0, 0.1) is 0 Å². The van der Waals surface area contributed by atoms with E-state index in [-0.39, 0.29) is 12.4 Å². The summed E-state index contributed by atoms with van der Waals surface area (Å²) in [5.74, 6) is -3.06. The van der Waals surface area contributed by atoms with Crippen LogP contribution in [0.15, 0.2) is 78.9 Å². The van der Waals surface area contributed by atoms with Gasteiger partial charge in [0.05, 0.1) is 0 Å². The molecule has 0 saturated carbocycles. The molecule has 0 aliphatic heterocycles. The highest BCUT2D eigenvalue weighted by molar-refractivity contribution is 6.30. The van der Waals surface area contributed by atoms with E-state index in [1.54, 1.807) is 36.4 Å². The molecule has 0 aliphatic carbocycles. The maximum atomic E-state index is 12.4. The second-order valence-electron chi connectivity index (χ2n) is 7.05. The van der Waals surface area contributed by atoms with Gasteiger partial charge in [-0.2, -0.15) is 0 Å². The summed E-state index contributed by atoms with van der Waals surface area (Å²) in [7, 11) is 0. The third-order valence-corrected chi connectivity index (χ3v) is 4.65. The van der Waals surface area contributed by atoms with Crippen LogP contribution in [-0.4, -0.2) is 52.3 Å². The summed E-state index contributed by atoms with van der Waals surface area (Å²) in [5.41, 5.74) is 2.35.